The van der Waals surface area contributed by atoms with Crippen LogP contribution in [0, 0.1) is 27.7 Å². The lowest BCUT2D eigenvalue weighted by Crippen LogP contribution is -2.16. The SMILES string of the molecule is Cc1cc(C)cc(-n2c3cc(C(C)C)c(C(C)C)cc3c(=O)c3cc4c(cc32)c(=O)c2cc(C(C)C)c(C(C)C)cc2n4-c2cc(C)cc(C)c2)c1. The summed E-state index contributed by atoms with van der Waals surface area (Å²) < 4.78 is 4.46. The number of aromatic nitrogens is 2. The minimum atomic E-state index is -0.0118. The summed E-state index contributed by atoms with van der Waals surface area (Å²) in [6.45, 7) is 26.1. The maximum atomic E-state index is 15.0. The van der Waals surface area contributed by atoms with Gasteiger partial charge in [0.15, 0.2) is 10.9 Å². The van der Waals surface area contributed by atoms with E-state index < -0.39 is 0 Å². The number of pyridine rings is 2. The van der Waals surface area contributed by atoms with Gasteiger partial charge in [-0.25, -0.2) is 0 Å². The van der Waals surface area contributed by atoms with Crippen molar-refractivity contribution < 1.29 is 0 Å². The van der Waals surface area contributed by atoms with Gasteiger partial charge in [0.25, 0.3) is 0 Å². The maximum Gasteiger partial charge on any atom is 0.197 e. The molecule has 0 atom stereocenters. The Morgan fingerprint density at radius 2 is 0.596 bits per heavy atom. The fraction of sp³-hybridized carbons (Fsp3) is 0.333. The Bertz CT molecular complexity index is 2490. The van der Waals surface area contributed by atoms with Gasteiger partial charge in [0.05, 0.1) is 22.1 Å². The Morgan fingerprint density at radius 3 is 0.885 bits per heavy atom. The summed E-state index contributed by atoms with van der Waals surface area (Å²) in [6.07, 6.45) is 0. The van der Waals surface area contributed by atoms with E-state index in [1.54, 1.807) is 0 Å². The molecular formula is C48H52N2O2. The van der Waals surface area contributed by atoms with Gasteiger partial charge in [-0.1, -0.05) is 67.5 Å². The van der Waals surface area contributed by atoms with Gasteiger partial charge < -0.3 is 9.13 Å². The van der Waals surface area contributed by atoms with E-state index in [0.717, 1.165) is 55.7 Å². The zero-order valence-corrected chi connectivity index (χ0v) is 32.9. The molecular weight excluding hydrogens is 637 g/mol. The molecule has 0 radical (unpaired) electrons. The first-order chi connectivity index (χ1) is 24.5. The molecule has 0 aliphatic heterocycles. The van der Waals surface area contributed by atoms with Crippen LogP contribution >= 0.6 is 0 Å². The smallest absolute Gasteiger partial charge is 0.197 e. The molecule has 2 heterocycles. The highest BCUT2D eigenvalue weighted by molar-refractivity contribution is 6.05. The molecule has 0 spiro atoms. The Hall–Kier alpha value is -4.96. The number of hydrogen-bond acceptors (Lipinski definition) is 2. The number of rotatable bonds is 6. The van der Waals surface area contributed by atoms with E-state index >= 15 is 0 Å². The molecule has 2 aromatic heterocycles. The van der Waals surface area contributed by atoms with Crippen molar-refractivity contribution >= 4 is 43.6 Å². The van der Waals surface area contributed by atoms with Gasteiger partial charge in [-0.05, 0) is 157 Å². The van der Waals surface area contributed by atoms with Crippen molar-refractivity contribution in [1.82, 2.24) is 9.13 Å². The summed E-state index contributed by atoms with van der Waals surface area (Å²) in [5.41, 5.74) is 14.6. The van der Waals surface area contributed by atoms with Crippen molar-refractivity contribution in [3.63, 3.8) is 0 Å². The normalized spacial score (nSPS) is 12.3. The number of benzene rings is 5. The fourth-order valence-corrected chi connectivity index (χ4v) is 8.55. The topological polar surface area (TPSA) is 44.0 Å². The highest BCUT2D eigenvalue weighted by Crippen LogP contribution is 2.37. The molecule has 4 heteroatoms. The van der Waals surface area contributed by atoms with Gasteiger partial charge in [-0.2, -0.15) is 0 Å². The molecule has 0 aliphatic rings. The largest absolute Gasteiger partial charge is 0.309 e. The first-order valence-electron chi connectivity index (χ1n) is 19.0. The molecule has 0 amide bonds. The Morgan fingerprint density at radius 1 is 0.346 bits per heavy atom. The first kappa shape index (κ1) is 35.4. The van der Waals surface area contributed by atoms with E-state index in [0.29, 0.717) is 21.5 Å². The summed E-state index contributed by atoms with van der Waals surface area (Å²) in [6, 6.07) is 25.8. The summed E-state index contributed by atoms with van der Waals surface area (Å²) in [7, 11) is 0. The molecule has 0 N–H and O–H groups in total. The van der Waals surface area contributed by atoms with Crippen LogP contribution in [-0.2, 0) is 0 Å². The van der Waals surface area contributed by atoms with E-state index in [-0.39, 0.29) is 34.5 Å². The minimum Gasteiger partial charge on any atom is -0.309 e. The van der Waals surface area contributed by atoms with Crippen molar-refractivity contribution in [3.05, 3.63) is 138 Å². The molecule has 0 fully saturated rings. The Labute approximate surface area is 307 Å². The second-order valence-electron chi connectivity index (χ2n) is 16.5. The third kappa shape index (κ3) is 5.77. The lowest BCUT2D eigenvalue weighted by Gasteiger charge is -2.23. The monoisotopic (exact) mass is 688 g/mol. The molecule has 7 aromatic rings. The van der Waals surface area contributed by atoms with Crippen LogP contribution in [0.3, 0.4) is 0 Å². The third-order valence-electron chi connectivity index (χ3n) is 10.9. The van der Waals surface area contributed by atoms with Crippen molar-refractivity contribution in [2.45, 2.75) is 107 Å². The van der Waals surface area contributed by atoms with Crippen molar-refractivity contribution in [2.75, 3.05) is 0 Å². The Kier molecular flexibility index (Phi) is 8.80. The van der Waals surface area contributed by atoms with Crippen molar-refractivity contribution in [1.29, 1.82) is 0 Å². The van der Waals surface area contributed by atoms with Gasteiger partial charge in [0.1, 0.15) is 0 Å². The molecule has 4 nitrogen and oxygen atoms in total. The zero-order chi connectivity index (χ0) is 37.5. The van der Waals surface area contributed by atoms with E-state index in [1.165, 1.54) is 22.3 Å². The molecule has 266 valence electrons. The predicted molar refractivity (Wildman–Crippen MR) is 223 cm³/mol. The summed E-state index contributed by atoms with van der Waals surface area (Å²) >= 11 is 0. The third-order valence-corrected chi connectivity index (χ3v) is 10.9. The molecule has 7 rings (SSSR count). The summed E-state index contributed by atoms with van der Waals surface area (Å²) in [5, 5.41) is 2.60. The summed E-state index contributed by atoms with van der Waals surface area (Å²) in [4.78, 5) is 29.9. The standard InChI is InChI=1S/C48H52N2O2/c1-25(2)35-19-39-43(21-37(35)27(5)6)49(33-15-29(9)13-30(10)16-33)45-24-42-46(23-41(45)47(39)51)50(34-17-31(11)14-32(12)18-34)44-22-38(28(7)8)36(26(3)4)20-40(44)48(42)52/h13-28H,1-12H3. The van der Waals surface area contributed by atoms with E-state index in [4.69, 9.17) is 0 Å². The van der Waals surface area contributed by atoms with E-state index in [9.17, 15) is 9.59 Å². The van der Waals surface area contributed by atoms with Gasteiger partial charge >= 0.3 is 0 Å². The average Bonchev–Trinajstić information content (AvgIpc) is 3.06. The molecule has 0 bridgehead atoms. The highest BCUT2D eigenvalue weighted by atomic mass is 16.1. The van der Waals surface area contributed by atoms with Crippen LogP contribution < -0.4 is 10.9 Å². The molecule has 0 saturated heterocycles. The maximum absolute atomic E-state index is 15.0. The van der Waals surface area contributed by atoms with Crippen LogP contribution in [0.5, 0.6) is 0 Å². The first-order valence-corrected chi connectivity index (χ1v) is 19.0. The predicted octanol–water partition coefficient (Wildman–Crippen LogP) is 12.3. The Balaban J connectivity index is 1.78. The molecule has 52 heavy (non-hydrogen) atoms. The van der Waals surface area contributed by atoms with Crippen LogP contribution in [0.1, 0.15) is 124 Å². The van der Waals surface area contributed by atoms with Gasteiger partial charge in [0.2, 0.25) is 0 Å². The van der Waals surface area contributed by atoms with Gasteiger partial charge in [-0.15, -0.1) is 0 Å². The van der Waals surface area contributed by atoms with E-state index in [1.807, 2.05) is 12.1 Å². The zero-order valence-electron chi connectivity index (χ0n) is 32.9. The number of fused-ring (bicyclic) bond motifs is 4. The highest BCUT2D eigenvalue weighted by Gasteiger charge is 2.23. The fourth-order valence-electron chi connectivity index (χ4n) is 8.55. The molecule has 5 aromatic carbocycles. The number of aryl methyl sites for hydroxylation is 4. The average molecular weight is 689 g/mol. The number of nitrogens with zero attached hydrogens (tertiary/aromatic N) is 2. The van der Waals surface area contributed by atoms with Crippen LogP contribution in [0.15, 0.2) is 82.4 Å². The van der Waals surface area contributed by atoms with Crippen LogP contribution in [0.25, 0.3) is 55.0 Å². The van der Waals surface area contributed by atoms with Crippen LogP contribution in [0.4, 0.5) is 0 Å². The van der Waals surface area contributed by atoms with E-state index in [2.05, 4.69) is 153 Å². The number of hydrogen-bond donors (Lipinski definition) is 0. The lowest BCUT2D eigenvalue weighted by molar-refractivity contribution is 0.792. The van der Waals surface area contributed by atoms with Crippen LogP contribution in [0.2, 0.25) is 0 Å². The quantitative estimate of drug-likeness (QED) is 0.163. The summed E-state index contributed by atoms with van der Waals surface area (Å²) in [5.74, 6) is 1.07. The minimum absolute atomic E-state index is 0.0118. The molecule has 0 saturated carbocycles. The molecule has 0 aliphatic carbocycles. The second-order valence-corrected chi connectivity index (χ2v) is 16.5. The lowest BCUT2D eigenvalue weighted by atomic mass is 9.88. The molecule has 0 unspecified atom stereocenters. The van der Waals surface area contributed by atoms with Gasteiger partial charge in [0, 0.05) is 32.9 Å². The second kappa shape index (κ2) is 12.9. The van der Waals surface area contributed by atoms with Crippen molar-refractivity contribution in [2.24, 2.45) is 0 Å². The van der Waals surface area contributed by atoms with Crippen LogP contribution in [-0.4, -0.2) is 9.13 Å². The van der Waals surface area contributed by atoms with Crippen molar-refractivity contribution in [3.8, 4) is 11.4 Å². The van der Waals surface area contributed by atoms with Gasteiger partial charge in [-0.3, -0.25) is 9.59 Å².